The van der Waals surface area contributed by atoms with E-state index >= 15 is 0 Å². The van der Waals surface area contributed by atoms with E-state index < -0.39 is 0 Å². The van der Waals surface area contributed by atoms with Gasteiger partial charge in [0.2, 0.25) is 5.78 Å². The first kappa shape index (κ1) is 18.8. The topological polar surface area (TPSA) is 92.1 Å². The maximum Gasteiger partial charge on any atom is 0.256 e. The number of H-pyrrole nitrogens is 1. The van der Waals surface area contributed by atoms with Gasteiger partial charge in [0.15, 0.2) is 5.82 Å². The number of anilines is 1. The normalized spacial score (nSPS) is 11.7. The molecular weight excluding hydrogens is 342 g/mol. The number of aromatic nitrogens is 4. The number of carbonyl (C=O) groups is 1. The molecule has 27 heavy (non-hydrogen) atoms. The van der Waals surface area contributed by atoms with Crippen LogP contribution in [0.5, 0.6) is 0 Å². The number of amides is 1. The number of aryl methyl sites for hydroxylation is 1. The molecule has 2 N–H and O–H groups in total. The Bertz CT molecular complexity index is 1010. The largest absolute Gasteiger partial charge is 0.306 e. The molecule has 3 aromatic rings. The molecule has 0 aliphatic rings. The lowest BCUT2D eigenvalue weighted by atomic mass is 9.87. The van der Waals surface area contributed by atoms with Gasteiger partial charge in [-0.15, -0.1) is 5.10 Å². The van der Waals surface area contributed by atoms with E-state index in [1.165, 1.54) is 10.6 Å². The Kier molecular flexibility index (Phi) is 5.12. The minimum atomic E-state index is -0.338. The van der Waals surface area contributed by atoms with Crippen LogP contribution >= 0.6 is 0 Å². The van der Waals surface area contributed by atoms with Crippen LogP contribution in [0.3, 0.4) is 0 Å². The zero-order valence-corrected chi connectivity index (χ0v) is 16.2. The monoisotopic (exact) mass is 367 g/mol. The SMILES string of the molecule is CCCCc1nc2[nH]c(=O)cc(NC(=O)c3ccc(C(C)(C)C)cc3)n2n1. The van der Waals surface area contributed by atoms with Crippen molar-refractivity contribution in [2.45, 2.75) is 52.4 Å². The molecule has 0 fully saturated rings. The molecule has 0 saturated heterocycles. The highest BCUT2D eigenvalue weighted by atomic mass is 16.2. The number of nitrogens with one attached hydrogen (secondary N) is 2. The maximum atomic E-state index is 12.6. The van der Waals surface area contributed by atoms with Crippen LogP contribution in [0.25, 0.3) is 5.78 Å². The van der Waals surface area contributed by atoms with Crippen molar-refractivity contribution < 1.29 is 4.79 Å². The molecule has 0 unspecified atom stereocenters. The van der Waals surface area contributed by atoms with E-state index in [4.69, 9.17) is 0 Å². The van der Waals surface area contributed by atoms with Crippen molar-refractivity contribution in [3.63, 3.8) is 0 Å². The summed E-state index contributed by atoms with van der Waals surface area (Å²) in [5, 5.41) is 7.18. The van der Waals surface area contributed by atoms with E-state index in [1.807, 2.05) is 12.1 Å². The fraction of sp³-hybridized carbons (Fsp3) is 0.400. The first-order chi connectivity index (χ1) is 12.8. The number of carbonyl (C=O) groups excluding carboxylic acids is 1. The molecule has 0 aliphatic heterocycles. The van der Waals surface area contributed by atoms with Crippen molar-refractivity contribution in [3.8, 4) is 0 Å². The van der Waals surface area contributed by atoms with Crippen molar-refractivity contribution in [2.75, 3.05) is 5.32 Å². The van der Waals surface area contributed by atoms with Crippen molar-refractivity contribution in [3.05, 3.63) is 57.6 Å². The average Bonchev–Trinajstić information content (AvgIpc) is 3.02. The zero-order valence-electron chi connectivity index (χ0n) is 16.2. The van der Waals surface area contributed by atoms with E-state index in [0.29, 0.717) is 23.0 Å². The summed E-state index contributed by atoms with van der Waals surface area (Å²) in [7, 11) is 0. The first-order valence-electron chi connectivity index (χ1n) is 9.19. The van der Waals surface area contributed by atoms with Gasteiger partial charge in [0.05, 0.1) is 0 Å². The van der Waals surface area contributed by atoms with Crippen LogP contribution in [0.2, 0.25) is 0 Å². The summed E-state index contributed by atoms with van der Waals surface area (Å²) in [4.78, 5) is 31.5. The van der Waals surface area contributed by atoms with Gasteiger partial charge >= 0.3 is 0 Å². The fourth-order valence-electron chi connectivity index (χ4n) is 2.78. The van der Waals surface area contributed by atoms with Crippen molar-refractivity contribution in [1.29, 1.82) is 0 Å². The molecule has 3 rings (SSSR count). The highest BCUT2D eigenvalue weighted by Crippen LogP contribution is 2.22. The average molecular weight is 367 g/mol. The Morgan fingerprint density at radius 3 is 2.56 bits per heavy atom. The van der Waals surface area contributed by atoms with Crippen LogP contribution in [-0.2, 0) is 11.8 Å². The maximum absolute atomic E-state index is 12.6. The molecular formula is C20H25N5O2. The molecule has 2 heterocycles. The second-order valence-electron chi connectivity index (χ2n) is 7.67. The smallest absolute Gasteiger partial charge is 0.256 e. The van der Waals surface area contributed by atoms with Crippen LogP contribution in [0.1, 0.15) is 62.3 Å². The number of hydrogen-bond acceptors (Lipinski definition) is 4. The lowest BCUT2D eigenvalue weighted by Gasteiger charge is -2.19. The summed E-state index contributed by atoms with van der Waals surface area (Å²) in [5.41, 5.74) is 1.34. The van der Waals surface area contributed by atoms with E-state index in [9.17, 15) is 9.59 Å². The third-order valence-corrected chi connectivity index (χ3v) is 4.39. The van der Waals surface area contributed by atoms with Gasteiger partial charge in [-0.1, -0.05) is 46.2 Å². The molecule has 1 amide bonds. The van der Waals surface area contributed by atoms with Gasteiger partial charge in [0.25, 0.3) is 11.5 Å². The number of rotatable bonds is 5. The summed E-state index contributed by atoms with van der Waals surface area (Å²) >= 11 is 0. The van der Waals surface area contributed by atoms with Gasteiger partial charge in [-0.25, -0.2) is 0 Å². The minimum absolute atomic E-state index is 0.0174. The second-order valence-corrected chi connectivity index (χ2v) is 7.67. The predicted octanol–water partition coefficient (Wildman–Crippen LogP) is 3.31. The van der Waals surface area contributed by atoms with E-state index in [-0.39, 0.29) is 16.9 Å². The quantitative estimate of drug-likeness (QED) is 0.724. The van der Waals surface area contributed by atoms with E-state index in [0.717, 1.165) is 24.8 Å². The number of unbranched alkanes of at least 4 members (excludes halogenated alkanes) is 1. The summed E-state index contributed by atoms with van der Waals surface area (Å²) in [6, 6.07) is 8.77. The van der Waals surface area contributed by atoms with Crippen LogP contribution in [0, 0.1) is 0 Å². The minimum Gasteiger partial charge on any atom is -0.306 e. The van der Waals surface area contributed by atoms with Crippen LogP contribution in [0.4, 0.5) is 5.82 Å². The molecule has 2 aromatic heterocycles. The van der Waals surface area contributed by atoms with Crippen molar-refractivity contribution in [1.82, 2.24) is 19.6 Å². The Labute approximate surface area is 157 Å². The first-order valence-corrected chi connectivity index (χ1v) is 9.19. The Morgan fingerprint density at radius 2 is 1.93 bits per heavy atom. The van der Waals surface area contributed by atoms with E-state index in [2.05, 4.69) is 48.1 Å². The molecule has 0 aliphatic carbocycles. The van der Waals surface area contributed by atoms with Gasteiger partial charge < -0.3 is 5.32 Å². The van der Waals surface area contributed by atoms with Gasteiger partial charge in [-0.3, -0.25) is 14.6 Å². The molecule has 0 spiro atoms. The molecule has 7 nitrogen and oxygen atoms in total. The third-order valence-electron chi connectivity index (χ3n) is 4.39. The highest BCUT2D eigenvalue weighted by Gasteiger charge is 2.16. The molecule has 1 aromatic carbocycles. The standard InChI is InChI=1S/C20H25N5O2/c1-5-6-7-15-21-19-23-17(26)12-16(25(19)24-15)22-18(27)13-8-10-14(11-9-13)20(2,3)4/h8-12H,5-7H2,1-4H3,(H,22,27)(H,21,23,24,26). The lowest BCUT2D eigenvalue weighted by Crippen LogP contribution is -2.19. The predicted molar refractivity (Wildman–Crippen MR) is 105 cm³/mol. The number of fused-ring (bicyclic) bond motifs is 1. The van der Waals surface area contributed by atoms with Crippen LogP contribution < -0.4 is 10.9 Å². The number of nitrogens with zero attached hydrogens (tertiary/aromatic N) is 3. The summed E-state index contributed by atoms with van der Waals surface area (Å²) in [6.07, 6.45) is 2.71. The van der Waals surface area contributed by atoms with Crippen molar-refractivity contribution in [2.24, 2.45) is 0 Å². The van der Waals surface area contributed by atoms with Gasteiger partial charge in [0, 0.05) is 18.1 Å². The highest BCUT2D eigenvalue weighted by molar-refractivity contribution is 6.03. The van der Waals surface area contributed by atoms with Gasteiger partial charge in [0.1, 0.15) is 5.82 Å². The second kappa shape index (κ2) is 7.34. The summed E-state index contributed by atoms with van der Waals surface area (Å²) < 4.78 is 1.47. The Morgan fingerprint density at radius 1 is 1.22 bits per heavy atom. The van der Waals surface area contributed by atoms with Gasteiger partial charge in [-0.2, -0.15) is 9.50 Å². The van der Waals surface area contributed by atoms with Crippen LogP contribution in [-0.4, -0.2) is 25.5 Å². The molecule has 0 bridgehead atoms. The summed E-state index contributed by atoms with van der Waals surface area (Å²) in [6.45, 7) is 8.45. The van der Waals surface area contributed by atoms with Crippen molar-refractivity contribution >= 4 is 17.5 Å². The molecule has 0 saturated carbocycles. The number of benzene rings is 1. The van der Waals surface area contributed by atoms with Crippen LogP contribution in [0.15, 0.2) is 35.1 Å². The third kappa shape index (κ3) is 4.24. The summed E-state index contributed by atoms with van der Waals surface area (Å²) in [5.74, 6) is 0.970. The molecule has 0 radical (unpaired) electrons. The number of hydrogen-bond donors (Lipinski definition) is 2. The van der Waals surface area contributed by atoms with Gasteiger partial charge in [-0.05, 0) is 29.5 Å². The zero-order chi connectivity index (χ0) is 19.6. The fourth-order valence-corrected chi connectivity index (χ4v) is 2.78. The Balaban J connectivity index is 1.88. The Hall–Kier alpha value is -2.96. The number of aromatic amines is 1. The molecule has 0 atom stereocenters. The molecule has 142 valence electrons. The van der Waals surface area contributed by atoms with E-state index in [1.54, 1.807) is 12.1 Å². The lowest BCUT2D eigenvalue weighted by molar-refractivity contribution is 0.102. The molecule has 7 heteroatoms.